The topological polar surface area (TPSA) is 226 Å². The lowest BCUT2D eigenvalue weighted by atomic mass is 9.99. The molecule has 5 amide bonds. The number of hydrogen-bond acceptors (Lipinski definition) is 8. The van der Waals surface area contributed by atoms with Crippen LogP contribution < -0.4 is 32.7 Å². The van der Waals surface area contributed by atoms with E-state index in [0.29, 0.717) is 17.5 Å². The molecule has 3 rings (SSSR count). The third-order valence-corrected chi connectivity index (χ3v) is 7.53. The van der Waals surface area contributed by atoms with Gasteiger partial charge in [0.25, 0.3) is 0 Å². The van der Waals surface area contributed by atoms with Crippen molar-refractivity contribution in [2.45, 2.75) is 82.6 Å². The summed E-state index contributed by atoms with van der Waals surface area (Å²) in [5.41, 5.74) is 12.9. The van der Waals surface area contributed by atoms with Crippen molar-refractivity contribution in [1.82, 2.24) is 21.3 Å². The van der Waals surface area contributed by atoms with E-state index in [2.05, 4.69) is 21.3 Å². The highest BCUT2D eigenvalue weighted by molar-refractivity contribution is 5.96. The first-order valence-corrected chi connectivity index (χ1v) is 15.3. The first-order valence-electron chi connectivity index (χ1n) is 15.3. The molecule has 2 aromatic rings. The number of phenols is 2. The van der Waals surface area contributed by atoms with Gasteiger partial charge in [0.15, 0.2) is 0 Å². The molecule has 5 atom stereocenters. The molecule has 13 heteroatoms. The molecular weight excluding hydrogens is 592 g/mol. The van der Waals surface area contributed by atoms with Crippen LogP contribution in [0, 0.1) is 5.92 Å². The number of carbonyl (C=O) groups excluding carboxylic acids is 5. The summed E-state index contributed by atoms with van der Waals surface area (Å²) in [5, 5.41) is 30.3. The van der Waals surface area contributed by atoms with E-state index >= 15 is 0 Å². The quantitative estimate of drug-likeness (QED) is 0.198. The molecule has 0 saturated carbocycles. The molecule has 0 saturated heterocycles. The number of phenolic OH excluding ortho intramolecular Hbond substituents is 2. The predicted molar refractivity (Wildman–Crippen MR) is 171 cm³/mol. The average molecular weight is 637 g/mol. The van der Waals surface area contributed by atoms with Crippen molar-refractivity contribution in [1.29, 1.82) is 0 Å². The summed E-state index contributed by atoms with van der Waals surface area (Å²) in [4.78, 5) is 66.3. The maximum atomic E-state index is 13.9. The molecule has 248 valence electrons. The van der Waals surface area contributed by atoms with Crippen LogP contribution in [0.5, 0.6) is 11.5 Å². The molecule has 5 unspecified atom stereocenters. The van der Waals surface area contributed by atoms with Crippen LogP contribution >= 0.6 is 0 Å². The van der Waals surface area contributed by atoms with Crippen LogP contribution in [-0.2, 0) is 36.8 Å². The zero-order valence-corrected chi connectivity index (χ0v) is 26.1. The number of allylic oxidation sites excluding steroid dienone is 1. The molecule has 10 N–H and O–H groups in total. The Hall–Kier alpha value is -4.91. The fourth-order valence-electron chi connectivity index (χ4n) is 4.97. The Morgan fingerprint density at radius 1 is 0.739 bits per heavy atom. The Morgan fingerprint density at radius 3 is 1.67 bits per heavy atom. The van der Waals surface area contributed by atoms with E-state index in [1.807, 2.05) is 13.8 Å². The van der Waals surface area contributed by atoms with Crippen molar-refractivity contribution in [2.75, 3.05) is 0 Å². The van der Waals surface area contributed by atoms with Crippen LogP contribution in [0.15, 0.2) is 60.7 Å². The molecule has 0 fully saturated rings. The van der Waals surface area contributed by atoms with Gasteiger partial charge < -0.3 is 42.9 Å². The highest BCUT2D eigenvalue weighted by Crippen LogP contribution is 2.15. The molecule has 1 aliphatic heterocycles. The lowest BCUT2D eigenvalue weighted by molar-refractivity contribution is -0.134. The molecule has 1 heterocycles. The van der Waals surface area contributed by atoms with E-state index < -0.39 is 59.7 Å². The fourth-order valence-corrected chi connectivity index (χ4v) is 4.97. The van der Waals surface area contributed by atoms with Crippen molar-refractivity contribution in [2.24, 2.45) is 17.4 Å². The van der Waals surface area contributed by atoms with Gasteiger partial charge in [0.2, 0.25) is 29.5 Å². The van der Waals surface area contributed by atoms with Crippen molar-refractivity contribution >= 4 is 29.5 Å². The molecular formula is C33H44N6O7. The summed E-state index contributed by atoms with van der Waals surface area (Å²) in [6.07, 6.45) is 4.32. The molecule has 1 aliphatic rings. The van der Waals surface area contributed by atoms with Crippen molar-refractivity contribution in [3.05, 3.63) is 71.8 Å². The molecule has 46 heavy (non-hydrogen) atoms. The van der Waals surface area contributed by atoms with E-state index in [-0.39, 0.29) is 49.5 Å². The normalized spacial score (nSPS) is 24.5. The lowest BCUT2D eigenvalue weighted by Crippen LogP contribution is -2.59. The van der Waals surface area contributed by atoms with Gasteiger partial charge in [-0.15, -0.1) is 0 Å². The molecule has 0 aliphatic carbocycles. The van der Waals surface area contributed by atoms with Crippen molar-refractivity contribution < 1.29 is 34.2 Å². The van der Waals surface area contributed by atoms with Gasteiger partial charge in [-0.2, -0.15) is 0 Å². The molecule has 0 aromatic heterocycles. The average Bonchev–Trinajstić information content (AvgIpc) is 3.00. The minimum Gasteiger partial charge on any atom is -0.508 e. The Morgan fingerprint density at radius 2 is 1.20 bits per heavy atom. The summed E-state index contributed by atoms with van der Waals surface area (Å²) < 4.78 is 0. The minimum atomic E-state index is -1.21. The Labute approximate surface area is 268 Å². The van der Waals surface area contributed by atoms with Gasteiger partial charge in [-0.1, -0.05) is 50.3 Å². The minimum absolute atomic E-state index is 0.00555. The number of hydrogen-bond donors (Lipinski definition) is 8. The van der Waals surface area contributed by atoms with E-state index in [0.717, 1.165) is 0 Å². The van der Waals surface area contributed by atoms with Gasteiger partial charge in [-0.3, -0.25) is 24.0 Å². The smallest absolute Gasteiger partial charge is 0.243 e. The lowest BCUT2D eigenvalue weighted by Gasteiger charge is -2.27. The Bertz CT molecular complexity index is 1390. The summed E-state index contributed by atoms with van der Waals surface area (Å²) in [5.74, 6) is -3.25. The van der Waals surface area contributed by atoms with Gasteiger partial charge in [0.05, 0.1) is 6.04 Å². The fraction of sp³-hybridized carbons (Fsp3) is 0.424. The zero-order chi connectivity index (χ0) is 33.8. The largest absolute Gasteiger partial charge is 0.508 e. The van der Waals surface area contributed by atoms with Crippen LogP contribution in [0.25, 0.3) is 0 Å². The Kier molecular flexibility index (Phi) is 13.1. The molecule has 0 bridgehead atoms. The van der Waals surface area contributed by atoms with Gasteiger partial charge in [-0.05, 0) is 67.0 Å². The molecule has 13 nitrogen and oxygen atoms in total. The second kappa shape index (κ2) is 17.0. The van der Waals surface area contributed by atoms with E-state index in [4.69, 9.17) is 11.5 Å². The monoisotopic (exact) mass is 636 g/mol. The van der Waals surface area contributed by atoms with Crippen LogP contribution in [0.4, 0.5) is 0 Å². The number of nitrogens with two attached hydrogens (primary N) is 2. The molecule has 2 aromatic carbocycles. The third-order valence-electron chi connectivity index (χ3n) is 7.53. The second-order valence-corrected chi connectivity index (χ2v) is 11.9. The maximum absolute atomic E-state index is 13.9. The number of primary amides is 1. The number of nitrogens with one attached hydrogen (secondary N) is 4. The number of benzene rings is 2. The van der Waals surface area contributed by atoms with Gasteiger partial charge in [0, 0.05) is 12.8 Å². The van der Waals surface area contributed by atoms with Crippen LogP contribution in [0.3, 0.4) is 0 Å². The Balaban J connectivity index is 2.01. The molecule has 0 radical (unpaired) electrons. The number of carbonyl (C=O) groups is 5. The van der Waals surface area contributed by atoms with E-state index in [1.54, 1.807) is 36.4 Å². The van der Waals surface area contributed by atoms with Gasteiger partial charge in [-0.25, -0.2) is 0 Å². The first-order chi connectivity index (χ1) is 21.8. The van der Waals surface area contributed by atoms with E-state index in [9.17, 15) is 34.2 Å². The molecule has 0 spiro atoms. The zero-order valence-electron chi connectivity index (χ0n) is 26.1. The van der Waals surface area contributed by atoms with Crippen LogP contribution in [-0.4, -0.2) is 70.0 Å². The standard InChI is InChI=1S/C33H44N6O7/c1-19(2)16-26-31(44)38-28(18-21-10-14-23(41)15-11-21)33(46)39-27(17-20-8-12-22(40)13-9-20)32(45)36-25(29(35)42)7-5-3-4-6-24(34)30(43)37-26/h3-4,8-15,19,24-28,40-41H,5-7,16-18,34H2,1-2H3,(H2,35,42)(H,36,45)(H,37,43)(H,38,44)(H,39,46)/b4-3-. The third kappa shape index (κ3) is 11.2. The number of aromatic hydroxyl groups is 2. The van der Waals surface area contributed by atoms with Crippen LogP contribution in [0.2, 0.25) is 0 Å². The summed E-state index contributed by atoms with van der Waals surface area (Å²) in [7, 11) is 0. The number of amides is 5. The van der Waals surface area contributed by atoms with Gasteiger partial charge >= 0.3 is 0 Å². The summed E-state index contributed by atoms with van der Waals surface area (Å²) in [6, 6.07) is 6.73. The van der Waals surface area contributed by atoms with Crippen LogP contribution in [0.1, 0.15) is 50.7 Å². The highest BCUT2D eigenvalue weighted by atomic mass is 16.3. The second-order valence-electron chi connectivity index (χ2n) is 11.9. The highest BCUT2D eigenvalue weighted by Gasteiger charge is 2.32. The van der Waals surface area contributed by atoms with Gasteiger partial charge in [0.1, 0.15) is 35.7 Å². The number of rotatable bonds is 7. The SMILES string of the molecule is CC(C)CC1NC(=O)C(N)C/C=C\CCC(C(N)=O)NC(=O)C(Cc2ccc(O)cc2)NC(=O)C(Cc2ccc(O)cc2)NC1=O. The summed E-state index contributed by atoms with van der Waals surface area (Å²) in [6.45, 7) is 3.78. The predicted octanol–water partition coefficient (Wildman–Crippen LogP) is 0.421. The maximum Gasteiger partial charge on any atom is 0.243 e. The summed E-state index contributed by atoms with van der Waals surface area (Å²) >= 11 is 0. The van der Waals surface area contributed by atoms with Crippen molar-refractivity contribution in [3.63, 3.8) is 0 Å². The van der Waals surface area contributed by atoms with E-state index in [1.165, 1.54) is 24.3 Å². The van der Waals surface area contributed by atoms with Crippen molar-refractivity contribution in [3.8, 4) is 11.5 Å². The first kappa shape index (κ1) is 35.6.